The van der Waals surface area contributed by atoms with Crippen molar-refractivity contribution in [3.8, 4) is 0 Å². The number of benzene rings is 1. The fourth-order valence-electron chi connectivity index (χ4n) is 4.02. The van der Waals surface area contributed by atoms with Crippen molar-refractivity contribution in [2.75, 3.05) is 5.32 Å². The monoisotopic (exact) mass is 378 g/mol. The maximum absolute atomic E-state index is 12.9. The number of aromatic amines is 2. The van der Waals surface area contributed by atoms with Gasteiger partial charge in [-0.15, -0.1) is 0 Å². The molecule has 28 heavy (non-hydrogen) atoms. The summed E-state index contributed by atoms with van der Waals surface area (Å²) >= 11 is 0. The molecule has 2 aromatic heterocycles. The van der Waals surface area contributed by atoms with Gasteiger partial charge in [-0.3, -0.25) is 9.59 Å². The molecule has 3 N–H and O–H groups in total. The second-order valence-electron chi connectivity index (χ2n) is 7.72. The number of aromatic nitrogens is 3. The lowest BCUT2D eigenvalue weighted by atomic mass is 9.85. The van der Waals surface area contributed by atoms with Crippen LogP contribution >= 0.6 is 0 Å². The average Bonchev–Trinajstić information content (AvgIpc) is 3.14. The van der Waals surface area contributed by atoms with E-state index in [-0.39, 0.29) is 11.7 Å². The van der Waals surface area contributed by atoms with Gasteiger partial charge in [0.2, 0.25) is 0 Å². The number of hydrogen-bond acceptors (Lipinski definition) is 3. The van der Waals surface area contributed by atoms with E-state index in [9.17, 15) is 9.59 Å². The van der Waals surface area contributed by atoms with Crippen molar-refractivity contribution in [3.63, 3.8) is 0 Å². The van der Waals surface area contributed by atoms with Gasteiger partial charge in [0.25, 0.3) is 5.91 Å². The minimum absolute atomic E-state index is 0.0151. The Morgan fingerprint density at radius 3 is 2.68 bits per heavy atom. The highest BCUT2D eigenvalue weighted by Gasteiger charge is 2.24. The number of fused-ring (bicyclic) bond motifs is 1. The maximum atomic E-state index is 12.9. The minimum atomic E-state index is -0.225. The quantitative estimate of drug-likeness (QED) is 0.534. The van der Waals surface area contributed by atoms with E-state index in [0.29, 0.717) is 29.3 Å². The first-order valence-electron chi connectivity index (χ1n) is 10.0. The predicted molar refractivity (Wildman–Crippen MR) is 110 cm³/mol. The van der Waals surface area contributed by atoms with Crippen LogP contribution in [0.4, 0.5) is 5.69 Å². The number of aryl methyl sites for hydroxylation is 1. The van der Waals surface area contributed by atoms with Crippen LogP contribution in [-0.4, -0.2) is 26.6 Å². The van der Waals surface area contributed by atoms with E-state index < -0.39 is 0 Å². The standard InChI is InChI=1S/C22H26N4O2/c1-4-6-16-19(13(3)27)12(2)23-20(16)22(28)24-15-9-10-17-18(11-15)26-21(25-17)14-7-5-8-14/h9-11,14,23H,4-8H2,1-3H3,(H,24,28)(H,25,26). The number of rotatable bonds is 6. The smallest absolute Gasteiger partial charge is 0.272 e. The van der Waals surface area contributed by atoms with E-state index in [0.717, 1.165) is 34.5 Å². The number of nitrogens with zero attached hydrogens (tertiary/aromatic N) is 1. The lowest BCUT2D eigenvalue weighted by Crippen LogP contribution is -2.15. The number of nitrogens with one attached hydrogen (secondary N) is 3. The summed E-state index contributed by atoms with van der Waals surface area (Å²) in [5, 5.41) is 2.97. The summed E-state index contributed by atoms with van der Waals surface area (Å²) in [5.74, 6) is 1.34. The summed E-state index contributed by atoms with van der Waals surface area (Å²) in [7, 11) is 0. The zero-order valence-corrected chi connectivity index (χ0v) is 16.6. The highest BCUT2D eigenvalue weighted by molar-refractivity contribution is 6.08. The molecule has 1 aromatic carbocycles. The maximum Gasteiger partial charge on any atom is 0.272 e. The zero-order chi connectivity index (χ0) is 19.8. The number of hydrogen-bond donors (Lipinski definition) is 3. The van der Waals surface area contributed by atoms with Crippen LogP contribution in [0.25, 0.3) is 11.0 Å². The van der Waals surface area contributed by atoms with Crippen LogP contribution in [0, 0.1) is 6.92 Å². The van der Waals surface area contributed by atoms with Gasteiger partial charge < -0.3 is 15.3 Å². The minimum Gasteiger partial charge on any atom is -0.354 e. The van der Waals surface area contributed by atoms with E-state index in [1.807, 2.05) is 32.0 Å². The van der Waals surface area contributed by atoms with Crippen molar-refractivity contribution in [1.82, 2.24) is 15.0 Å². The highest BCUT2D eigenvalue weighted by atomic mass is 16.2. The van der Waals surface area contributed by atoms with Gasteiger partial charge in [-0.05, 0) is 56.9 Å². The number of carbonyl (C=O) groups excluding carboxylic acids is 2. The van der Waals surface area contributed by atoms with Crippen molar-refractivity contribution in [3.05, 3.63) is 46.5 Å². The molecule has 6 heteroatoms. The molecule has 0 atom stereocenters. The SMILES string of the molecule is CCCc1c(C(=O)Nc2ccc3nc(C4CCC4)[nH]c3c2)[nH]c(C)c1C(C)=O. The molecule has 0 spiro atoms. The van der Waals surface area contributed by atoms with Crippen molar-refractivity contribution in [1.29, 1.82) is 0 Å². The fourth-order valence-corrected chi connectivity index (χ4v) is 4.02. The molecule has 1 aliphatic rings. The van der Waals surface area contributed by atoms with Crippen LogP contribution in [0.5, 0.6) is 0 Å². The van der Waals surface area contributed by atoms with Crippen LogP contribution in [-0.2, 0) is 6.42 Å². The molecule has 0 radical (unpaired) electrons. The number of carbonyl (C=O) groups is 2. The summed E-state index contributed by atoms with van der Waals surface area (Å²) in [6.45, 7) is 5.42. The Labute approximate surface area is 164 Å². The molecule has 6 nitrogen and oxygen atoms in total. The molecule has 146 valence electrons. The first kappa shape index (κ1) is 18.5. The number of Topliss-reactive ketones (excluding diaryl/α,β-unsaturated/α-hetero) is 1. The number of ketones is 1. The molecule has 1 amide bonds. The summed E-state index contributed by atoms with van der Waals surface area (Å²) < 4.78 is 0. The van der Waals surface area contributed by atoms with Gasteiger partial charge in [-0.1, -0.05) is 19.8 Å². The van der Waals surface area contributed by atoms with Crippen molar-refractivity contribution in [2.24, 2.45) is 0 Å². The predicted octanol–water partition coefficient (Wildman–Crippen LogP) is 4.87. The van der Waals surface area contributed by atoms with Crippen LogP contribution in [0.1, 0.15) is 83.4 Å². The Morgan fingerprint density at radius 1 is 1.25 bits per heavy atom. The van der Waals surface area contributed by atoms with Crippen LogP contribution < -0.4 is 5.32 Å². The molecule has 0 unspecified atom stereocenters. The van der Waals surface area contributed by atoms with Gasteiger partial charge in [0.05, 0.1) is 11.0 Å². The van der Waals surface area contributed by atoms with Gasteiger partial charge in [-0.2, -0.15) is 0 Å². The average molecular weight is 378 g/mol. The molecule has 3 aromatic rings. The summed E-state index contributed by atoms with van der Waals surface area (Å²) in [4.78, 5) is 36.1. The summed E-state index contributed by atoms with van der Waals surface area (Å²) in [6.07, 6.45) is 5.19. The molecule has 0 bridgehead atoms. The van der Waals surface area contributed by atoms with Crippen LogP contribution in [0.15, 0.2) is 18.2 Å². The Bertz CT molecular complexity index is 1060. The first-order valence-corrected chi connectivity index (χ1v) is 10.0. The Kier molecular flexibility index (Phi) is 4.79. The van der Waals surface area contributed by atoms with E-state index in [1.54, 1.807) is 6.92 Å². The lowest BCUT2D eigenvalue weighted by molar-refractivity contribution is 0.101. The molecule has 0 aliphatic heterocycles. The van der Waals surface area contributed by atoms with Gasteiger partial charge in [0.1, 0.15) is 11.5 Å². The van der Waals surface area contributed by atoms with E-state index in [1.165, 1.54) is 19.3 Å². The third kappa shape index (κ3) is 3.23. The molecule has 0 saturated heterocycles. The number of amides is 1. The fraction of sp³-hybridized carbons (Fsp3) is 0.409. The molecular formula is C22H26N4O2. The summed E-state index contributed by atoms with van der Waals surface area (Å²) in [6, 6.07) is 5.72. The third-order valence-electron chi connectivity index (χ3n) is 5.62. The molecular weight excluding hydrogens is 352 g/mol. The van der Waals surface area contributed by atoms with Crippen molar-refractivity contribution in [2.45, 2.75) is 58.8 Å². The molecule has 4 rings (SSSR count). The van der Waals surface area contributed by atoms with Crippen molar-refractivity contribution < 1.29 is 9.59 Å². The number of H-pyrrole nitrogens is 2. The Balaban J connectivity index is 1.61. The van der Waals surface area contributed by atoms with E-state index >= 15 is 0 Å². The van der Waals surface area contributed by atoms with Gasteiger partial charge in [0, 0.05) is 22.9 Å². The molecule has 1 saturated carbocycles. The molecule has 2 heterocycles. The Morgan fingerprint density at radius 2 is 2.04 bits per heavy atom. The third-order valence-corrected chi connectivity index (χ3v) is 5.62. The molecule has 1 aliphatic carbocycles. The zero-order valence-electron chi connectivity index (χ0n) is 16.6. The second kappa shape index (κ2) is 7.26. The highest BCUT2D eigenvalue weighted by Crippen LogP contribution is 2.35. The summed E-state index contributed by atoms with van der Waals surface area (Å²) in [5.41, 5.74) is 5.22. The van der Waals surface area contributed by atoms with E-state index in [2.05, 4.69) is 20.3 Å². The molecule has 1 fully saturated rings. The van der Waals surface area contributed by atoms with Gasteiger partial charge in [-0.25, -0.2) is 4.98 Å². The van der Waals surface area contributed by atoms with Gasteiger partial charge in [0.15, 0.2) is 5.78 Å². The van der Waals surface area contributed by atoms with Crippen LogP contribution in [0.2, 0.25) is 0 Å². The first-order chi connectivity index (χ1) is 13.5. The lowest BCUT2D eigenvalue weighted by Gasteiger charge is -2.22. The number of anilines is 1. The topological polar surface area (TPSA) is 90.6 Å². The normalized spacial score (nSPS) is 14.2. The second-order valence-corrected chi connectivity index (χ2v) is 7.72. The van der Waals surface area contributed by atoms with Gasteiger partial charge >= 0.3 is 0 Å². The number of imidazole rings is 1. The van der Waals surface area contributed by atoms with E-state index in [4.69, 9.17) is 0 Å². The van der Waals surface area contributed by atoms with Crippen molar-refractivity contribution >= 4 is 28.4 Å². The van der Waals surface area contributed by atoms with Crippen LogP contribution in [0.3, 0.4) is 0 Å². The Hall–Kier alpha value is -2.89. The largest absolute Gasteiger partial charge is 0.354 e.